The van der Waals surface area contributed by atoms with E-state index < -0.39 is 10.0 Å². The summed E-state index contributed by atoms with van der Waals surface area (Å²) in [6.07, 6.45) is 3.71. The molecule has 1 aromatic heterocycles. The molecular weight excluding hydrogens is 230 g/mol. The van der Waals surface area contributed by atoms with Crippen molar-refractivity contribution in [2.75, 3.05) is 6.61 Å². The fourth-order valence-corrected chi connectivity index (χ4v) is 2.54. The van der Waals surface area contributed by atoms with Crippen molar-refractivity contribution >= 4 is 10.0 Å². The van der Waals surface area contributed by atoms with Gasteiger partial charge in [0.1, 0.15) is 11.9 Å². The van der Waals surface area contributed by atoms with E-state index in [9.17, 15) is 8.42 Å². The zero-order valence-electron chi connectivity index (χ0n) is 8.67. The normalized spacial score (nSPS) is 25.4. The Morgan fingerprint density at radius 1 is 1.50 bits per heavy atom. The van der Waals surface area contributed by atoms with Gasteiger partial charge in [-0.3, -0.25) is 0 Å². The van der Waals surface area contributed by atoms with Crippen molar-refractivity contribution in [1.82, 2.24) is 9.55 Å². The molecule has 1 fully saturated rings. The predicted octanol–water partition coefficient (Wildman–Crippen LogP) is 0.0118. The van der Waals surface area contributed by atoms with Crippen LogP contribution < -0.4 is 5.14 Å². The molecule has 0 amide bonds. The first-order valence-corrected chi connectivity index (χ1v) is 6.82. The van der Waals surface area contributed by atoms with E-state index >= 15 is 0 Å². The van der Waals surface area contributed by atoms with E-state index in [1.165, 1.54) is 6.20 Å². The molecule has 1 aliphatic carbocycles. The van der Waals surface area contributed by atoms with Crippen LogP contribution in [0.1, 0.15) is 24.8 Å². The van der Waals surface area contributed by atoms with Gasteiger partial charge in [0, 0.05) is 12.7 Å². The smallest absolute Gasteiger partial charge is 0.257 e. The van der Waals surface area contributed by atoms with Crippen molar-refractivity contribution in [3.8, 4) is 0 Å². The fourth-order valence-electron chi connectivity index (χ4n) is 2.05. The predicted molar refractivity (Wildman–Crippen MR) is 55.0 cm³/mol. The minimum absolute atomic E-state index is 0.0516. The lowest BCUT2D eigenvalue weighted by atomic mass is 10.2. The Morgan fingerprint density at radius 3 is 2.88 bits per heavy atom. The molecule has 88 valence electrons. The Hall–Kier alpha value is -0.920. The van der Waals surface area contributed by atoms with Gasteiger partial charge in [0.25, 0.3) is 10.0 Å². The summed E-state index contributed by atoms with van der Waals surface area (Å²) in [5, 5.41) is 5.00. The van der Waals surface area contributed by atoms with Crippen LogP contribution in [0.2, 0.25) is 0 Å². The number of rotatable bonds is 2. The first kappa shape index (κ1) is 10.2. The van der Waals surface area contributed by atoms with E-state index in [0.29, 0.717) is 24.9 Å². The molecule has 2 heterocycles. The number of ether oxygens (including phenoxy) is 1. The first-order valence-electron chi connectivity index (χ1n) is 5.27. The van der Waals surface area contributed by atoms with Gasteiger partial charge in [0.2, 0.25) is 0 Å². The van der Waals surface area contributed by atoms with Crippen LogP contribution in [0.4, 0.5) is 0 Å². The van der Waals surface area contributed by atoms with Gasteiger partial charge in [0.15, 0.2) is 5.03 Å². The number of hydrogen-bond donors (Lipinski definition) is 1. The number of aromatic nitrogens is 2. The second kappa shape index (κ2) is 3.28. The molecule has 1 saturated carbocycles. The molecular formula is C9H13N3O3S. The van der Waals surface area contributed by atoms with Crippen LogP contribution >= 0.6 is 0 Å². The lowest BCUT2D eigenvalue weighted by Crippen LogP contribution is -2.22. The first-order chi connectivity index (χ1) is 7.55. The molecule has 1 aromatic rings. The van der Waals surface area contributed by atoms with Gasteiger partial charge in [-0.2, -0.15) is 0 Å². The Morgan fingerprint density at radius 2 is 2.25 bits per heavy atom. The highest BCUT2D eigenvalue weighted by molar-refractivity contribution is 7.89. The highest BCUT2D eigenvalue weighted by Crippen LogP contribution is 2.44. The number of hydrogen-bond acceptors (Lipinski definition) is 4. The molecule has 0 radical (unpaired) electrons. The van der Waals surface area contributed by atoms with Gasteiger partial charge in [-0.25, -0.2) is 18.5 Å². The summed E-state index contributed by atoms with van der Waals surface area (Å²) in [6.45, 7) is 1.25. The number of fused-ring (bicyclic) bond motifs is 1. The van der Waals surface area contributed by atoms with Crippen LogP contribution in [0.15, 0.2) is 11.2 Å². The number of nitrogens with zero attached hydrogens (tertiary/aromatic N) is 2. The lowest BCUT2D eigenvalue weighted by molar-refractivity contribution is 0.00283. The van der Waals surface area contributed by atoms with Gasteiger partial charge in [-0.1, -0.05) is 0 Å². The second-order valence-electron chi connectivity index (χ2n) is 4.30. The summed E-state index contributed by atoms with van der Waals surface area (Å²) >= 11 is 0. The Kier molecular flexibility index (Phi) is 2.10. The minimum atomic E-state index is -3.71. The SMILES string of the molecule is NS(=O)(=O)c1cn2c(n1)C(C1CC1)OCC2. The van der Waals surface area contributed by atoms with Gasteiger partial charge < -0.3 is 9.30 Å². The third-order valence-electron chi connectivity index (χ3n) is 3.01. The largest absolute Gasteiger partial charge is 0.368 e. The van der Waals surface area contributed by atoms with Crippen LogP contribution in [0.25, 0.3) is 0 Å². The van der Waals surface area contributed by atoms with Crippen LogP contribution in [-0.2, 0) is 21.3 Å². The van der Waals surface area contributed by atoms with E-state index in [2.05, 4.69) is 4.98 Å². The molecule has 1 atom stereocenters. The van der Waals surface area contributed by atoms with Gasteiger partial charge >= 0.3 is 0 Å². The Balaban J connectivity index is 2.04. The standard InChI is InChI=1S/C9H13N3O3S/c10-16(13,14)7-5-12-3-4-15-8(6-1-2-6)9(12)11-7/h5-6,8H,1-4H2,(H2,10,13,14). The van der Waals surface area contributed by atoms with E-state index in [1.807, 2.05) is 4.57 Å². The van der Waals surface area contributed by atoms with Crippen molar-refractivity contribution < 1.29 is 13.2 Å². The molecule has 16 heavy (non-hydrogen) atoms. The molecule has 7 heteroatoms. The average molecular weight is 243 g/mol. The summed E-state index contributed by atoms with van der Waals surface area (Å²) < 4.78 is 29.9. The summed E-state index contributed by atoms with van der Waals surface area (Å²) in [5.41, 5.74) is 0. The van der Waals surface area contributed by atoms with Crippen molar-refractivity contribution in [2.24, 2.45) is 11.1 Å². The molecule has 2 aliphatic rings. The van der Waals surface area contributed by atoms with Crippen molar-refractivity contribution in [3.05, 3.63) is 12.0 Å². The molecule has 0 aromatic carbocycles. The molecule has 2 N–H and O–H groups in total. The second-order valence-corrected chi connectivity index (χ2v) is 5.81. The molecule has 0 bridgehead atoms. The molecule has 0 spiro atoms. The summed E-state index contributed by atoms with van der Waals surface area (Å²) in [7, 11) is -3.71. The quantitative estimate of drug-likeness (QED) is 0.792. The number of sulfonamides is 1. The molecule has 3 rings (SSSR count). The highest BCUT2D eigenvalue weighted by atomic mass is 32.2. The molecule has 1 aliphatic heterocycles. The fraction of sp³-hybridized carbons (Fsp3) is 0.667. The average Bonchev–Trinajstić information content (AvgIpc) is 2.93. The topological polar surface area (TPSA) is 87.2 Å². The Bertz CT molecular complexity index is 518. The van der Waals surface area contributed by atoms with E-state index in [0.717, 1.165) is 12.8 Å². The van der Waals surface area contributed by atoms with E-state index in [4.69, 9.17) is 9.88 Å². The zero-order valence-corrected chi connectivity index (χ0v) is 9.48. The van der Waals surface area contributed by atoms with Crippen LogP contribution in [0.5, 0.6) is 0 Å². The van der Waals surface area contributed by atoms with Crippen LogP contribution in [-0.4, -0.2) is 24.6 Å². The minimum Gasteiger partial charge on any atom is -0.368 e. The maximum absolute atomic E-state index is 11.2. The maximum atomic E-state index is 11.2. The third kappa shape index (κ3) is 1.64. The van der Waals surface area contributed by atoms with Crippen molar-refractivity contribution in [1.29, 1.82) is 0 Å². The highest BCUT2D eigenvalue weighted by Gasteiger charge is 2.38. The third-order valence-corrected chi connectivity index (χ3v) is 3.79. The number of nitrogens with two attached hydrogens (primary N) is 1. The molecule has 1 unspecified atom stereocenters. The summed E-state index contributed by atoms with van der Waals surface area (Å²) in [6, 6.07) is 0. The number of primary sulfonamides is 1. The molecule has 6 nitrogen and oxygen atoms in total. The van der Waals surface area contributed by atoms with Crippen molar-refractivity contribution in [3.63, 3.8) is 0 Å². The zero-order chi connectivity index (χ0) is 11.3. The lowest BCUT2D eigenvalue weighted by Gasteiger charge is -2.23. The van der Waals surface area contributed by atoms with E-state index in [-0.39, 0.29) is 11.1 Å². The number of imidazole rings is 1. The Labute approximate surface area is 93.5 Å². The van der Waals surface area contributed by atoms with Crippen LogP contribution in [0, 0.1) is 5.92 Å². The summed E-state index contributed by atoms with van der Waals surface area (Å²) in [4.78, 5) is 4.09. The van der Waals surface area contributed by atoms with Gasteiger partial charge in [-0.05, 0) is 18.8 Å². The van der Waals surface area contributed by atoms with E-state index in [1.54, 1.807) is 0 Å². The van der Waals surface area contributed by atoms with Gasteiger partial charge in [-0.15, -0.1) is 0 Å². The van der Waals surface area contributed by atoms with Gasteiger partial charge in [0.05, 0.1) is 6.61 Å². The molecule has 0 saturated heterocycles. The maximum Gasteiger partial charge on any atom is 0.257 e. The van der Waals surface area contributed by atoms with Crippen molar-refractivity contribution in [2.45, 2.75) is 30.5 Å². The monoisotopic (exact) mass is 243 g/mol. The van der Waals surface area contributed by atoms with Crippen LogP contribution in [0.3, 0.4) is 0 Å². The summed E-state index contributed by atoms with van der Waals surface area (Å²) in [5.74, 6) is 1.20.